The van der Waals surface area contributed by atoms with Crippen molar-refractivity contribution in [3.05, 3.63) is 45.5 Å². The van der Waals surface area contributed by atoms with Gasteiger partial charge in [-0.05, 0) is 56.1 Å². The Balaban J connectivity index is 1.70. The molecule has 110 valence electrons. The fraction of sp³-hybridized carbons (Fsp3) is 0.267. The van der Waals surface area contributed by atoms with E-state index in [1.54, 1.807) is 0 Å². The van der Waals surface area contributed by atoms with Gasteiger partial charge in [0, 0.05) is 48.2 Å². The Bertz CT molecular complexity index is 639. The summed E-state index contributed by atoms with van der Waals surface area (Å²) in [5, 5.41) is 0. The van der Waals surface area contributed by atoms with Gasteiger partial charge in [-0.25, -0.2) is 4.98 Å². The molecular weight excluding hydrogens is 396 g/mol. The minimum absolute atomic E-state index is 0.812. The lowest BCUT2D eigenvalue weighted by Gasteiger charge is -2.37. The fourth-order valence-corrected chi connectivity index (χ4v) is 3.78. The quantitative estimate of drug-likeness (QED) is 0.768. The Morgan fingerprint density at radius 2 is 1.71 bits per heavy atom. The van der Waals surface area contributed by atoms with Gasteiger partial charge in [-0.3, -0.25) is 0 Å². The second-order valence-electron chi connectivity index (χ2n) is 5.03. The Kier molecular flexibility index (Phi) is 4.35. The zero-order valence-corrected chi connectivity index (χ0v) is 14.6. The van der Waals surface area contributed by atoms with E-state index < -0.39 is 0 Å². The topological polar surface area (TPSA) is 45.4 Å². The van der Waals surface area contributed by atoms with Crippen LogP contribution in [0.3, 0.4) is 0 Å². The third-order valence-electron chi connectivity index (χ3n) is 3.60. The molecule has 0 radical (unpaired) electrons. The first-order chi connectivity index (χ1) is 10.1. The number of nitrogens with zero attached hydrogens (tertiary/aromatic N) is 3. The van der Waals surface area contributed by atoms with Crippen LogP contribution in [0.2, 0.25) is 0 Å². The van der Waals surface area contributed by atoms with Gasteiger partial charge in [0.15, 0.2) is 0 Å². The van der Waals surface area contributed by atoms with Crippen molar-refractivity contribution in [1.29, 1.82) is 0 Å². The van der Waals surface area contributed by atoms with E-state index in [2.05, 4.69) is 52.7 Å². The lowest BCUT2D eigenvalue weighted by molar-refractivity contribution is 0.646. The van der Waals surface area contributed by atoms with Crippen molar-refractivity contribution in [2.45, 2.75) is 0 Å². The second kappa shape index (κ2) is 6.23. The fourth-order valence-electron chi connectivity index (χ4n) is 2.54. The molecule has 4 nitrogen and oxygen atoms in total. The van der Waals surface area contributed by atoms with Gasteiger partial charge < -0.3 is 15.5 Å². The summed E-state index contributed by atoms with van der Waals surface area (Å²) in [5.74, 6) is 1.01. The molecule has 1 aliphatic rings. The van der Waals surface area contributed by atoms with Crippen molar-refractivity contribution in [2.75, 3.05) is 41.7 Å². The number of piperazine rings is 1. The molecule has 1 aromatic heterocycles. The van der Waals surface area contributed by atoms with E-state index in [0.717, 1.165) is 46.6 Å². The third kappa shape index (κ3) is 3.32. The maximum Gasteiger partial charge on any atom is 0.143 e. The van der Waals surface area contributed by atoms with Crippen LogP contribution < -0.4 is 15.5 Å². The summed E-state index contributed by atoms with van der Waals surface area (Å²) < 4.78 is 2.01. The Morgan fingerprint density at radius 3 is 2.38 bits per heavy atom. The summed E-state index contributed by atoms with van der Waals surface area (Å²) in [6.07, 6.45) is 1.84. The van der Waals surface area contributed by atoms with Crippen LogP contribution in [0.25, 0.3) is 0 Å². The summed E-state index contributed by atoms with van der Waals surface area (Å²) in [6, 6.07) is 10.1. The molecule has 21 heavy (non-hydrogen) atoms. The molecule has 0 atom stereocenters. The monoisotopic (exact) mass is 410 g/mol. The SMILES string of the molecule is Nc1cccc(N2CCN(c3ncc(Br)cc3Br)CC2)c1. The lowest BCUT2D eigenvalue weighted by Crippen LogP contribution is -2.47. The van der Waals surface area contributed by atoms with Crippen molar-refractivity contribution >= 4 is 49.1 Å². The van der Waals surface area contributed by atoms with Crippen LogP contribution in [0, 0.1) is 0 Å². The van der Waals surface area contributed by atoms with Crippen molar-refractivity contribution in [3.63, 3.8) is 0 Å². The van der Waals surface area contributed by atoms with Crippen molar-refractivity contribution in [3.8, 4) is 0 Å². The average molecular weight is 412 g/mol. The highest BCUT2D eigenvalue weighted by molar-refractivity contribution is 9.11. The minimum Gasteiger partial charge on any atom is -0.399 e. The van der Waals surface area contributed by atoms with Gasteiger partial charge >= 0.3 is 0 Å². The molecule has 0 bridgehead atoms. The Morgan fingerprint density at radius 1 is 1.00 bits per heavy atom. The molecule has 0 saturated carbocycles. The summed E-state index contributed by atoms with van der Waals surface area (Å²) >= 11 is 7.02. The number of benzene rings is 1. The standard InChI is InChI=1S/C15H16Br2N4/c16-11-8-14(17)15(19-10-11)21-6-4-20(5-7-21)13-3-1-2-12(18)9-13/h1-3,8-10H,4-7,18H2. The second-order valence-corrected chi connectivity index (χ2v) is 6.80. The van der Waals surface area contributed by atoms with Crippen LogP contribution in [0.1, 0.15) is 0 Å². The van der Waals surface area contributed by atoms with Crippen LogP contribution in [-0.4, -0.2) is 31.2 Å². The number of nitrogens with two attached hydrogens (primary N) is 1. The van der Waals surface area contributed by atoms with Crippen molar-refractivity contribution in [2.24, 2.45) is 0 Å². The first-order valence-corrected chi connectivity index (χ1v) is 8.38. The maximum atomic E-state index is 5.86. The largest absolute Gasteiger partial charge is 0.399 e. The maximum absolute atomic E-state index is 5.86. The number of hydrogen-bond acceptors (Lipinski definition) is 4. The van der Waals surface area contributed by atoms with Gasteiger partial charge in [0.1, 0.15) is 5.82 Å². The van der Waals surface area contributed by atoms with E-state index in [-0.39, 0.29) is 0 Å². The molecule has 2 heterocycles. The van der Waals surface area contributed by atoms with Crippen LogP contribution >= 0.6 is 31.9 Å². The van der Waals surface area contributed by atoms with Crippen molar-refractivity contribution in [1.82, 2.24) is 4.98 Å². The number of halogens is 2. The molecule has 0 unspecified atom stereocenters. The molecule has 0 spiro atoms. The highest BCUT2D eigenvalue weighted by atomic mass is 79.9. The van der Waals surface area contributed by atoms with Crippen molar-refractivity contribution < 1.29 is 0 Å². The Hall–Kier alpha value is -1.27. The van der Waals surface area contributed by atoms with Gasteiger partial charge in [-0.2, -0.15) is 0 Å². The normalized spacial score (nSPS) is 15.3. The summed E-state index contributed by atoms with van der Waals surface area (Å²) in [5.41, 5.74) is 7.86. The number of hydrogen-bond donors (Lipinski definition) is 1. The van der Waals surface area contributed by atoms with Crippen LogP contribution in [0.5, 0.6) is 0 Å². The molecule has 1 aromatic carbocycles. The number of anilines is 3. The zero-order valence-electron chi connectivity index (χ0n) is 11.5. The van der Waals surface area contributed by atoms with E-state index in [4.69, 9.17) is 5.73 Å². The first kappa shape index (κ1) is 14.7. The first-order valence-electron chi connectivity index (χ1n) is 6.80. The van der Waals surface area contributed by atoms with Gasteiger partial charge in [0.05, 0.1) is 4.47 Å². The summed E-state index contributed by atoms with van der Waals surface area (Å²) in [6.45, 7) is 3.82. The molecule has 2 aromatic rings. The van der Waals surface area contributed by atoms with E-state index in [1.807, 2.05) is 30.5 Å². The molecule has 2 N–H and O–H groups in total. The molecule has 1 fully saturated rings. The van der Waals surface area contributed by atoms with Crippen LogP contribution in [-0.2, 0) is 0 Å². The third-order valence-corrected chi connectivity index (χ3v) is 4.62. The molecule has 0 aliphatic carbocycles. The van der Waals surface area contributed by atoms with Gasteiger partial charge in [0.2, 0.25) is 0 Å². The number of aromatic nitrogens is 1. The van der Waals surface area contributed by atoms with Crippen LogP contribution in [0.15, 0.2) is 45.5 Å². The smallest absolute Gasteiger partial charge is 0.143 e. The summed E-state index contributed by atoms with van der Waals surface area (Å²) in [7, 11) is 0. The predicted molar refractivity (Wildman–Crippen MR) is 94.9 cm³/mol. The molecule has 0 amide bonds. The molecule has 6 heteroatoms. The predicted octanol–water partition coefficient (Wildman–Crippen LogP) is 3.52. The zero-order chi connectivity index (χ0) is 14.8. The highest BCUT2D eigenvalue weighted by Gasteiger charge is 2.20. The van der Waals surface area contributed by atoms with Gasteiger partial charge in [0.25, 0.3) is 0 Å². The highest BCUT2D eigenvalue weighted by Crippen LogP contribution is 2.28. The van der Waals surface area contributed by atoms with Crippen LogP contribution in [0.4, 0.5) is 17.2 Å². The average Bonchev–Trinajstić information content (AvgIpc) is 2.47. The van der Waals surface area contributed by atoms with E-state index in [0.29, 0.717) is 0 Å². The minimum atomic E-state index is 0.812. The Labute approximate surface area is 141 Å². The van der Waals surface area contributed by atoms with E-state index >= 15 is 0 Å². The van der Waals surface area contributed by atoms with E-state index in [1.165, 1.54) is 5.69 Å². The van der Waals surface area contributed by atoms with Gasteiger partial charge in [-0.15, -0.1) is 0 Å². The lowest BCUT2D eigenvalue weighted by atomic mass is 10.2. The number of nitrogen functional groups attached to an aromatic ring is 1. The summed E-state index contributed by atoms with van der Waals surface area (Å²) in [4.78, 5) is 9.17. The molecule has 1 aliphatic heterocycles. The molecular formula is C15H16Br2N4. The van der Waals surface area contributed by atoms with E-state index in [9.17, 15) is 0 Å². The number of pyridine rings is 1. The molecule has 1 saturated heterocycles. The molecule has 3 rings (SSSR count). The van der Waals surface area contributed by atoms with Gasteiger partial charge in [-0.1, -0.05) is 6.07 Å². The number of rotatable bonds is 2.